The van der Waals surface area contributed by atoms with Crippen LogP contribution in [0.3, 0.4) is 0 Å². The summed E-state index contributed by atoms with van der Waals surface area (Å²) in [6, 6.07) is 7.40. The number of carboxylic acid groups (broad SMARTS) is 1. The molecule has 1 aromatic carbocycles. The molecule has 0 radical (unpaired) electrons. The van der Waals surface area contributed by atoms with Crippen LogP contribution in [0.2, 0.25) is 0 Å². The number of aliphatic carboxylic acids is 1. The Morgan fingerprint density at radius 1 is 1.09 bits per heavy atom. The smallest absolute Gasteiger partial charge is 0.307 e. The van der Waals surface area contributed by atoms with E-state index in [0.29, 0.717) is 18.7 Å². The summed E-state index contributed by atoms with van der Waals surface area (Å²) in [7, 11) is 0. The first kappa shape index (κ1) is 15.0. The molecule has 0 fully saturated rings. The van der Waals surface area contributed by atoms with Crippen LogP contribution in [-0.2, 0) is 9.59 Å². The van der Waals surface area contributed by atoms with Crippen molar-refractivity contribution in [2.75, 3.05) is 5.43 Å². The minimum Gasteiger partial charge on any atom is -0.481 e. The molecule has 0 bridgehead atoms. The van der Waals surface area contributed by atoms with Crippen LogP contribution < -0.4 is 10.9 Å². The summed E-state index contributed by atoms with van der Waals surface area (Å²) in [6.45, 7) is 0. The number of nitrogens with one attached hydrogen (secondary N) is 2. The van der Waals surface area contributed by atoms with Gasteiger partial charge in [-0.1, -0.05) is 24.3 Å². The highest BCUT2D eigenvalue weighted by Gasteiger charge is 2.33. The van der Waals surface area contributed by atoms with Gasteiger partial charge in [0.05, 0.1) is 17.4 Å². The van der Waals surface area contributed by atoms with Gasteiger partial charge in [-0.05, 0) is 25.0 Å². The Morgan fingerprint density at radius 2 is 1.83 bits per heavy atom. The van der Waals surface area contributed by atoms with E-state index in [9.17, 15) is 14.7 Å². The Kier molecular flexibility index (Phi) is 4.18. The molecule has 2 aromatic rings. The van der Waals surface area contributed by atoms with Gasteiger partial charge in [-0.3, -0.25) is 20.4 Å². The van der Waals surface area contributed by atoms with Gasteiger partial charge in [-0.25, -0.2) is 9.97 Å². The molecule has 0 aliphatic heterocycles. The van der Waals surface area contributed by atoms with E-state index in [0.717, 1.165) is 10.9 Å². The van der Waals surface area contributed by atoms with Crippen LogP contribution in [0.4, 0.5) is 5.82 Å². The number of fused-ring (bicyclic) bond motifs is 1. The molecule has 0 spiro atoms. The number of amides is 1. The molecule has 1 amide bonds. The van der Waals surface area contributed by atoms with E-state index >= 15 is 0 Å². The average molecular weight is 312 g/mol. The fourth-order valence-electron chi connectivity index (χ4n) is 2.69. The first-order valence-corrected chi connectivity index (χ1v) is 7.30. The second kappa shape index (κ2) is 6.43. The first-order chi connectivity index (χ1) is 11.2. The summed E-state index contributed by atoms with van der Waals surface area (Å²) in [4.78, 5) is 31.8. The van der Waals surface area contributed by atoms with Crippen LogP contribution in [-0.4, -0.2) is 27.0 Å². The first-order valence-electron chi connectivity index (χ1n) is 7.30. The fraction of sp³-hybridized carbons (Fsp3) is 0.250. The zero-order valence-corrected chi connectivity index (χ0v) is 12.3. The number of anilines is 1. The van der Waals surface area contributed by atoms with Crippen molar-refractivity contribution >= 4 is 28.6 Å². The molecule has 2 atom stereocenters. The summed E-state index contributed by atoms with van der Waals surface area (Å²) in [6.07, 6.45) is 5.82. The number of benzene rings is 1. The zero-order chi connectivity index (χ0) is 16.2. The third-order valence-electron chi connectivity index (χ3n) is 3.93. The topological polar surface area (TPSA) is 104 Å². The van der Waals surface area contributed by atoms with E-state index in [4.69, 9.17) is 0 Å². The molecule has 3 N–H and O–H groups in total. The number of hydrogen-bond acceptors (Lipinski definition) is 5. The highest BCUT2D eigenvalue weighted by Crippen LogP contribution is 2.26. The standard InChI is InChI=1S/C16H16N4O3/c21-15(10-5-1-2-6-11(10)16(22)23)20-19-14-12-7-3-4-8-13(12)17-9-18-14/h1-4,7-11H,5-6H2,(H,20,21)(H,22,23)(H,17,18,19)/t10-,11-/m0/s1. The van der Waals surface area contributed by atoms with Gasteiger partial charge in [0.15, 0.2) is 5.82 Å². The Hall–Kier alpha value is -2.96. The third kappa shape index (κ3) is 3.13. The summed E-state index contributed by atoms with van der Waals surface area (Å²) >= 11 is 0. The van der Waals surface area contributed by atoms with Crippen LogP contribution in [0, 0.1) is 11.8 Å². The number of para-hydroxylation sites is 1. The molecule has 0 saturated carbocycles. The van der Waals surface area contributed by atoms with E-state index in [1.54, 1.807) is 6.08 Å². The number of hydrogen-bond donors (Lipinski definition) is 3. The van der Waals surface area contributed by atoms with Crippen LogP contribution in [0.1, 0.15) is 12.8 Å². The van der Waals surface area contributed by atoms with Crippen molar-refractivity contribution in [3.8, 4) is 0 Å². The maximum atomic E-state index is 12.3. The number of hydrazine groups is 1. The van der Waals surface area contributed by atoms with Crippen LogP contribution in [0.25, 0.3) is 10.9 Å². The largest absolute Gasteiger partial charge is 0.481 e. The molecule has 0 saturated heterocycles. The Bertz CT molecular complexity index is 770. The molecule has 1 aromatic heterocycles. The van der Waals surface area contributed by atoms with Crippen molar-refractivity contribution in [3.05, 3.63) is 42.7 Å². The molecule has 1 aliphatic carbocycles. The number of nitrogens with zero attached hydrogens (tertiary/aromatic N) is 2. The summed E-state index contributed by atoms with van der Waals surface area (Å²) < 4.78 is 0. The predicted octanol–water partition coefficient (Wildman–Crippen LogP) is 1.74. The SMILES string of the molecule is O=C(O)[C@H]1CC=CC[C@@H]1C(=O)NNc1ncnc2ccccc12. The van der Waals surface area contributed by atoms with Crippen molar-refractivity contribution in [1.29, 1.82) is 0 Å². The molecule has 118 valence electrons. The van der Waals surface area contributed by atoms with Crippen molar-refractivity contribution in [2.45, 2.75) is 12.8 Å². The monoisotopic (exact) mass is 312 g/mol. The van der Waals surface area contributed by atoms with Gasteiger partial charge in [0.1, 0.15) is 6.33 Å². The molecule has 1 aliphatic rings. The number of rotatable bonds is 4. The Morgan fingerprint density at radius 3 is 2.61 bits per heavy atom. The lowest BCUT2D eigenvalue weighted by molar-refractivity contribution is -0.147. The maximum absolute atomic E-state index is 12.3. The molecule has 0 unspecified atom stereocenters. The molecule has 3 rings (SSSR count). The van der Waals surface area contributed by atoms with Crippen molar-refractivity contribution in [3.63, 3.8) is 0 Å². The number of carbonyl (C=O) groups excluding carboxylic acids is 1. The minimum absolute atomic E-state index is 0.357. The number of aromatic nitrogens is 2. The lowest BCUT2D eigenvalue weighted by Gasteiger charge is -2.24. The lowest BCUT2D eigenvalue weighted by Crippen LogP contribution is -2.41. The van der Waals surface area contributed by atoms with E-state index in [1.165, 1.54) is 6.33 Å². The van der Waals surface area contributed by atoms with Crippen molar-refractivity contribution in [1.82, 2.24) is 15.4 Å². The van der Waals surface area contributed by atoms with Gasteiger partial charge >= 0.3 is 5.97 Å². The van der Waals surface area contributed by atoms with E-state index in [-0.39, 0.29) is 5.91 Å². The molecule has 1 heterocycles. The summed E-state index contributed by atoms with van der Waals surface area (Å²) in [5.74, 6) is -2.14. The van der Waals surface area contributed by atoms with Crippen molar-refractivity contribution < 1.29 is 14.7 Å². The van der Waals surface area contributed by atoms with Gasteiger partial charge < -0.3 is 5.11 Å². The van der Waals surface area contributed by atoms with Crippen molar-refractivity contribution in [2.24, 2.45) is 11.8 Å². The van der Waals surface area contributed by atoms with Gasteiger partial charge in [0, 0.05) is 5.39 Å². The number of carbonyl (C=O) groups is 2. The van der Waals surface area contributed by atoms with Gasteiger partial charge in [-0.15, -0.1) is 0 Å². The highest BCUT2D eigenvalue weighted by atomic mass is 16.4. The molecular formula is C16H16N4O3. The normalized spacial score (nSPS) is 20.2. The van der Waals surface area contributed by atoms with Gasteiger partial charge in [-0.2, -0.15) is 0 Å². The van der Waals surface area contributed by atoms with Gasteiger partial charge in [0.25, 0.3) is 0 Å². The zero-order valence-electron chi connectivity index (χ0n) is 12.3. The Labute approximate surface area is 132 Å². The predicted molar refractivity (Wildman–Crippen MR) is 84.3 cm³/mol. The number of carboxylic acids is 1. The van der Waals surface area contributed by atoms with Crippen LogP contribution >= 0.6 is 0 Å². The maximum Gasteiger partial charge on any atom is 0.307 e. The van der Waals surface area contributed by atoms with E-state index in [2.05, 4.69) is 20.8 Å². The molecule has 7 heteroatoms. The molecular weight excluding hydrogens is 296 g/mol. The average Bonchev–Trinajstić information content (AvgIpc) is 2.59. The van der Waals surface area contributed by atoms with Crippen LogP contribution in [0.15, 0.2) is 42.7 Å². The van der Waals surface area contributed by atoms with E-state index < -0.39 is 17.8 Å². The Balaban J connectivity index is 1.73. The minimum atomic E-state index is -0.956. The number of allylic oxidation sites excluding steroid dienone is 2. The molecule has 23 heavy (non-hydrogen) atoms. The fourth-order valence-corrected chi connectivity index (χ4v) is 2.69. The second-order valence-electron chi connectivity index (χ2n) is 5.35. The second-order valence-corrected chi connectivity index (χ2v) is 5.35. The summed E-state index contributed by atoms with van der Waals surface area (Å²) in [5.41, 5.74) is 6.10. The quantitative estimate of drug-likeness (QED) is 0.587. The summed E-state index contributed by atoms with van der Waals surface area (Å²) in [5, 5.41) is 10.0. The lowest BCUT2D eigenvalue weighted by atomic mass is 9.82. The van der Waals surface area contributed by atoms with Crippen LogP contribution in [0.5, 0.6) is 0 Å². The van der Waals surface area contributed by atoms with Gasteiger partial charge in [0.2, 0.25) is 5.91 Å². The third-order valence-corrected chi connectivity index (χ3v) is 3.93. The molecule has 7 nitrogen and oxygen atoms in total. The highest BCUT2D eigenvalue weighted by molar-refractivity contribution is 5.90. The van der Waals surface area contributed by atoms with E-state index in [1.807, 2.05) is 30.3 Å².